The van der Waals surface area contributed by atoms with E-state index in [-0.39, 0.29) is 17.8 Å². The highest BCUT2D eigenvalue weighted by Gasteiger charge is 2.72. The highest BCUT2D eigenvalue weighted by atomic mass is 16.6. The van der Waals surface area contributed by atoms with E-state index in [1.54, 1.807) is 6.20 Å². The Bertz CT molecular complexity index is 609. The normalized spacial score (nSPS) is 28.4. The Morgan fingerprint density at radius 2 is 2.14 bits per heavy atom. The number of epoxide rings is 1. The molecule has 0 radical (unpaired) electrons. The van der Waals surface area contributed by atoms with Crippen LogP contribution in [-0.4, -0.2) is 42.4 Å². The van der Waals surface area contributed by atoms with E-state index in [2.05, 4.69) is 5.32 Å². The van der Waals surface area contributed by atoms with Crippen LogP contribution in [0.3, 0.4) is 0 Å². The average Bonchev–Trinajstić information content (AvgIpc) is 3.13. The SMILES string of the molecule is CN(C)/C=C1/CC2OC2(C(=O)NCc2ccccc2)C1=O. The van der Waals surface area contributed by atoms with Crippen LogP contribution in [0, 0.1) is 0 Å². The molecule has 5 nitrogen and oxygen atoms in total. The van der Waals surface area contributed by atoms with Gasteiger partial charge in [-0.25, -0.2) is 0 Å². The molecule has 1 N–H and O–H groups in total. The van der Waals surface area contributed by atoms with Crippen molar-refractivity contribution in [3.05, 3.63) is 47.7 Å². The lowest BCUT2D eigenvalue weighted by Crippen LogP contribution is -2.42. The second-order valence-electron chi connectivity index (χ2n) is 5.66. The summed E-state index contributed by atoms with van der Waals surface area (Å²) in [6.07, 6.45) is 1.98. The predicted molar refractivity (Wildman–Crippen MR) is 77.3 cm³/mol. The number of ketones is 1. The molecule has 110 valence electrons. The van der Waals surface area contributed by atoms with Crippen LogP contribution >= 0.6 is 0 Å². The third-order valence-electron chi connectivity index (χ3n) is 3.81. The molecule has 1 aliphatic carbocycles. The number of hydrogen-bond acceptors (Lipinski definition) is 4. The number of Topliss-reactive ketones (excluding diaryl/α,β-unsaturated/α-hetero) is 1. The monoisotopic (exact) mass is 286 g/mol. The van der Waals surface area contributed by atoms with Crippen LogP contribution in [0.15, 0.2) is 42.1 Å². The van der Waals surface area contributed by atoms with Crippen LogP contribution in [0.5, 0.6) is 0 Å². The first-order valence-electron chi connectivity index (χ1n) is 6.96. The van der Waals surface area contributed by atoms with Gasteiger partial charge in [0.1, 0.15) is 6.10 Å². The number of nitrogens with zero attached hydrogens (tertiary/aromatic N) is 1. The first kappa shape index (κ1) is 13.8. The zero-order valence-corrected chi connectivity index (χ0v) is 12.1. The molecule has 2 atom stereocenters. The van der Waals surface area contributed by atoms with Gasteiger partial charge in [-0.05, 0) is 5.56 Å². The fraction of sp³-hybridized carbons (Fsp3) is 0.375. The molecule has 1 heterocycles. The molecule has 2 unspecified atom stereocenters. The molecule has 2 fully saturated rings. The molecular formula is C16H18N2O3. The number of carbonyl (C=O) groups is 2. The van der Waals surface area contributed by atoms with Gasteiger partial charge in [0.05, 0.1) is 0 Å². The molecule has 0 bridgehead atoms. The van der Waals surface area contributed by atoms with E-state index in [4.69, 9.17) is 4.74 Å². The van der Waals surface area contributed by atoms with E-state index in [0.717, 1.165) is 5.56 Å². The standard InChI is InChI=1S/C16H18N2O3/c1-18(2)10-12-8-13-16(21-13,14(12)19)15(20)17-9-11-6-4-3-5-7-11/h3-7,10,13H,8-9H2,1-2H3,(H,17,20)/b12-10-. The average molecular weight is 286 g/mol. The third-order valence-corrected chi connectivity index (χ3v) is 3.81. The van der Waals surface area contributed by atoms with E-state index in [1.807, 2.05) is 49.3 Å². The Balaban J connectivity index is 1.68. The van der Waals surface area contributed by atoms with Crippen molar-refractivity contribution < 1.29 is 14.3 Å². The highest BCUT2D eigenvalue weighted by Crippen LogP contribution is 2.49. The second-order valence-corrected chi connectivity index (χ2v) is 5.66. The van der Waals surface area contributed by atoms with Gasteiger partial charge in [-0.1, -0.05) is 30.3 Å². The van der Waals surface area contributed by atoms with E-state index in [9.17, 15) is 9.59 Å². The first-order valence-corrected chi connectivity index (χ1v) is 6.96. The number of rotatable bonds is 4. The number of benzene rings is 1. The molecule has 5 heteroatoms. The van der Waals surface area contributed by atoms with Crippen LogP contribution < -0.4 is 5.32 Å². The summed E-state index contributed by atoms with van der Waals surface area (Å²) >= 11 is 0. The molecule has 0 spiro atoms. The van der Waals surface area contributed by atoms with Gasteiger partial charge < -0.3 is 15.0 Å². The van der Waals surface area contributed by atoms with Crippen molar-refractivity contribution in [1.82, 2.24) is 10.2 Å². The summed E-state index contributed by atoms with van der Waals surface area (Å²) in [5.41, 5.74) is 0.386. The molecule has 1 amide bonds. The number of ether oxygens (including phenoxy) is 1. The number of amides is 1. The van der Waals surface area contributed by atoms with Crippen molar-refractivity contribution in [2.45, 2.75) is 24.7 Å². The van der Waals surface area contributed by atoms with Gasteiger partial charge in [0.2, 0.25) is 11.4 Å². The van der Waals surface area contributed by atoms with Gasteiger partial charge in [0.25, 0.3) is 5.91 Å². The van der Waals surface area contributed by atoms with Crippen LogP contribution in [0.2, 0.25) is 0 Å². The number of carbonyl (C=O) groups excluding carboxylic acids is 2. The van der Waals surface area contributed by atoms with E-state index < -0.39 is 5.60 Å². The Kier molecular flexibility index (Phi) is 3.29. The van der Waals surface area contributed by atoms with Crippen LogP contribution in [-0.2, 0) is 20.9 Å². The zero-order chi connectivity index (χ0) is 15.0. The zero-order valence-electron chi connectivity index (χ0n) is 12.1. The van der Waals surface area contributed by atoms with Gasteiger partial charge in [-0.15, -0.1) is 0 Å². The molecule has 1 saturated carbocycles. The van der Waals surface area contributed by atoms with Crippen LogP contribution in [0.25, 0.3) is 0 Å². The largest absolute Gasteiger partial charge is 0.383 e. The lowest BCUT2D eigenvalue weighted by Gasteiger charge is -2.11. The minimum Gasteiger partial charge on any atom is -0.383 e. The lowest BCUT2D eigenvalue weighted by molar-refractivity contribution is -0.133. The Hall–Kier alpha value is -2.14. The summed E-state index contributed by atoms with van der Waals surface area (Å²) in [4.78, 5) is 26.5. The molecule has 1 aromatic carbocycles. The van der Waals surface area contributed by atoms with Crippen LogP contribution in [0.4, 0.5) is 0 Å². The Labute approximate surface area is 123 Å². The highest BCUT2D eigenvalue weighted by molar-refractivity contribution is 6.22. The van der Waals surface area contributed by atoms with Gasteiger partial charge in [-0.2, -0.15) is 0 Å². The molecule has 1 aromatic rings. The van der Waals surface area contributed by atoms with Crippen molar-refractivity contribution in [2.24, 2.45) is 0 Å². The number of fused-ring (bicyclic) bond motifs is 1. The Morgan fingerprint density at radius 1 is 1.43 bits per heavy atom. The van der Waals surface area contributed by atoms with Crippen molar-refractivity contribution in [2.75, 3.05) is 14.1 Å². The molecule has 1 saturated heterocycles. The third kappa shape index (κ3) is 2.34. The molecule has 3 rings (SSSR count). The summed E-state index contributed by atoms with van der Waals surface area (Å²) in [6, 6.07) is 9.60. The predicted octanol–water partition coefficient (Wildman–Crippen LogP) is 0.859. The van der Waals surface area contributed by atoms with Crippen molar-refractivity contribution in [3.63, 3.8) is 0 Å². The minimum atomic E-state index is -1.27. The summed E-state index contributed by atoms with van der Waals surface area (Å²) in [6.45, 7) is 0.400. The Morgan fingerprint density at radius 3 is 2.81 bits per heavy atom. The molecule has 2 aliphatic rings. The molecule has 21 heavy (non-hydrogen) atoms. The van der Waals surface area contributed by atoms with E-state index >= 15 is 0 Å². The van der Waals surface area contributed by atoms with Crippen molar-refractivity contribution >= 4 is 11.7 Å². The fourth-order valence-corrected chi connectivity index (χ4v) is 2.74. The summed E-state index contributed by atoms with van der Waals surface area (Å²) in [5.74, 6) is -0.532. The van der Waals surface area contributed by atoms with Crippen molar-refractivity contribution in [3.8, 4) is 0 Å². The van der Waals surface area contributed by atoms with Gasteiger partial charge in [0.15, 0.2) is 0 Å². The summed E-state index contributed by atoms with van der Waals surface area (Å²) < 4.78 is 5.39. The number of hydrogen-bond donors (Lipinski definition) is 1. The molecule has 0 aromatic heterocycles. The number of nitrogens with one attached hydrogen (secondary N) is 1. The van der Waals surface area contributed by atoms with Gasteiger partial charge in [-0.3, -0.25) is 9.59 Å². The topological polar surface area (TPSA) is 61.9 Å². The molecular weight excluding hydrogens is 268 g/mol. The lowest BCUT2D eigenvalue weighted by atomic mass is 10.0. The summed E-state index contributed by atoms with van der Waals surface area (Å²) in [5, 5.41) is 2.80. The quantitative estimate of drug-likeness (QED) is 0.506. The smallest absolute Gasteiger partial charge is 0.263 e. The molecule has 1 aliphatic heterocycles. The van der Waals surface area contributed by atoms with Gasteiger partial charge >= 0.3 is 0 Å². The summed E-state index contributed by atoms with van der Waals surface area (Å²) in [7, 11) is 3.71. The maximum Gasteiger partial charge on any atom is 0.263 e. The maximum atomic E-state index is 12.4. The minimum absolute atomic E-state index is 0.202. The van der Waals surface area contributed by atoms with E-state index in [1.165, 1.54) is 0 Å². The van der Waals surface area contributed by atoms with Crippen molar-refractivity contribution in [1.29, 1.82) is 0 Å². The van der Waals surface area contributed by atoms with Crippen LogP contribution in [0.1, 0.15) is 12.0 Å². The van der Waals surface area contributed by atoms with Gasteiger partial charge in [0, 0.05) is 38.8 Å². The maximum absolute atomic E-state index is 12.4. The first-order chi connectivity index (χ1) is 10.0. The van der Waals surface area contributed by atoms with E-state index in [0.29, 0.717) is 18.5 Å². The second kappa shape index (κ2) is 5.00. The fourth-order valence-electron chi connectivity index (χ4n) is 2.74.